The highest BCUT2D eigenvalue weighted by Gasteiger charge is 2.05. The third-order valence-corrected chi connectivity index (χ3v) is 3.14. The van der Waals surface area contributed by atoms with Crippen LogP contribution in [0.3, 0.4) is 0 Å². The van der Waals surface area contributed by atoms with Crippen LogP contribution in [0.1, 0.15) is 5.56 Å². The quantitative estimate of drug-likeness (QED) is 0.808. The Hall–Kier alpha value is -1.49. The molecule has 0 aromatic heterocycles. The van der Waals surface area contributed by atoms with Crippen molar-refractivity contribution < 1.29 is 14.7 Å². The second-order valence-corrected chi connectivity index (χ2v) is 4.84. The van der Waals surface area contributed by atoms with Gasteiger partial charge >= 0.3 is 5.97 Å². The molecule has 0 aliphatic carbocycles. The number of nitrogens with zero attached hydrogens (tertiary/aromatic N) is 1. The zero-order valence-electron chi connectivity index (χ0n) is 9.84. The Bertz CT molecular complexity index is 401. The van der Waals surface area contributed by atoms with Gasteiger partial charge in [0.25, 0.3) is 0 Å². The van der Waals surface area contributed by atoms with Crippen LogP contribution >= 0.6 is 11.8 Å². The molecule has 1 N–H and O–H groups in total. The summed E-state index contributed by atoms with van der Waals surface area (Å²) in [6.45, 7) is 0. The molecule has 17 heavy (non-hydrogen) atoms. The Labute approximate surface area is 105 Å². The molecule has 1 rings (SSSR count). The van der Waals surface area contributed by atoms with Crippen LogP contribution in [-0.2, 0) is 16.0 Å². The van der Waals surface area contributed by atoms with Crippen LogP contribution < -0.4 is 0 Å². The molecule has 0 aliphatic heterocycles. The van der Waals surface area contributed by atoms with E-state index in [4.69, 9.17) is 5.11 Å². The van der Waals surface area contributed by atoms with Gasteiger partial charge in [-0.25, -0.2) is 0 Å². The largest absolute Gasteiger partial charge is 0.481 e. The lowest BCUT2D eigenvalue weighted by atomic mass is 10.2. The van der Waals surface area contributed by atoms with Crippen molar-refractivity contribution >= 4 is 23.6 Å². The maximum Gasteiger partial charge on any atom is 0.307 e. The number of carboxylic acid groups (broad SMARTS) is 1. The summed E-state index contributed by atoms with van der Waals surface area (Å²) in [4.78, 5) is 24.4. The molecule has 4 nitrogen and oxygen atoms in total. The van der Waals surface area contributed by atoms with Crippen molar-refractivity contribution in [2.75, 3.05) is 19.8 Å². The lowest BCUT2D eigenvalue weighted by Gasteiger charge is -2.09. The Kier molecular flexibility index (Phi) is 5.03. The number of hydrogen-bond acceptors (Lipinski definition) is 3. The fourth-order valence-corrected chi connectivity index (χ4v) is 2.03. The molecule has 0 atom stereocenters. The summed E-state index contributed by atoms with van der Waals surface area (Å²) in [5, 5.41) is 8.62. The fraction of sp³-hybridized carbons (Fsp3) is 0.333. The summed E-state index contributed by atoms with van der Waals surface area (Å²) in [5.74, 6) is -0.386. The smallest absolute Gasteiger partial charge is 0.307 e. The van der Waals surface area contributed by atoms with Gasteiger partial charge in [-0.15, -0.1) is 11.8 Å². The number of aliphatic carboxylic acids is 1. The predicted octanol–water partition coefficient (Wildman–Crippen LogP) is 1.49. The normalized spacial score (nSPS) is 10.0. The minimum atomic E-state index is -0.840. The minimum Gasteiger partial charge on any atom is -0.481 e. The predicted molar refractivity (Wildman–Crippen MR) is 67.2 cm³/mol. The van der Waals surface area contributed by atoms with Crippen LogP contribution in [0.2, 0.25) is 0 Å². The molecule has 0 fully saturated rings. The molecule has 0 radical (unpaired) electrons. The SMILES string of the molecule is CN(C)C(=O)CSc1ccc(CC(=O)O)cc1. The van der Waals surface area contributed by atoms with Crippen molar-refractivity contribution in [1.82, 2.24) is 4.90 Å². The van der Waals surface area contributed by atoms with Crippen LogP contribution in [0.25, 0.3) is 0 Å². The van der Waals surface area contributed by atoms with Crippen molar-refractivity contribution in [2.24, 2.45) is 0 Å². The van der Waals surface area contributed by atoms with Gasteiger partial charge in [-0.2, -0.15) is 0 Å². The standard InChI is InChI=1S/C12H15NO3S/c1-13(2)11(14)8-17-10-5-3-9(4-6-10)7-12(15)16/h3-6H,7-8H2,1-2H3,(H,15,16). The summed E-state index contributed by atoms with van der Waals surface area (Å²) in [7, 11) is 3.44. The number of thioether (sulfide) groups is 1. The Balaban J connectivity index is 2.51. The van der Waals surface area contributed by atoms with Crippen LogP contribution in [0.5, 0.6) is 0 Å². The molecule has 0 saturated carbocycles. The van der Waals surface area contributed by atoms with E-state index in [1.807, 2.05) is 12.1 Å². The number of rotatable bonds is 5. The number of carboxylic acids is 1. The molecule has 0 unspecified atom stereocenters. The van der Waals surface area contributed by atoms with Gasteiger partial charge in [0.1, 0.15) is 0 Å². The maximum atomic E-state index is 11.4. The van der Waals surface area contributed by atoms with Gasteiger partial charge in [-0.05, 0) is 17.7 Å². The molecular weight excluding hydrogens is 238 g/mol. The zero-order valence-corrected chi connectivity index (χ0v) is 10.7. The first kappa shape index (κ1) is 13.6. The average molecular weight is 253 g/mol. The Morgan fingerprint density at radius 1 is 1.24 bits per heavy atom. The first-order valence-electron chi connectivity index (χ1n) is 5.12. The highest BCUT2D eigenvalue weighted by atomic mass is 32.2. The maximum absolute atomic E-state index is 11.4. The average Bonchev–Trinajstić information content (AvgIpc) is 2.26. The lowest BCUT2D eigenvalue weighted by molar-refractivity contribution is -0.136. The summed E-state index contributed by atoms with van der Waals surface area (Å²) in [6, 6.07) is 7.23. The van der Waals surface area contributed by atoms with Gasteiger partial charge in [-0.1, -0.05) is 12.1 Å². The first-order valence-corrected chi connectivity index (χ1v) is 6.11. The molecule has 1 aromatic carbocycles. The highest BCUT2D eigenvalue weighted by molar-refractivity contribution is 8.00. The van der Waals surface area contributed by atoms with E-state index in [2.05, 4.69) is 0 Å². The third kappa shape index (κ3) is 4.91. The van der Waals surface area contributed by atoms with Crippen molar-refractivity contribution in [1.29, 1.82) is 0 Å². The molecular formula is C12H15NO3S. The monoisotopic (exact) mass is 253 g/mol. The molecule has 1 aromatic rings. The van der Waals surface area contributed by atoms with E-state index < -0.39 is 5.97 Å². The molecule has 0 saturated heterocycles. The Morgan fingerprint density at radius 3 is 2.29 bits per heavy atom. The van der Waals surface area contributed by atoms with Crippen molar-refractivity contribution in [2.45, 2.75) is 11.3 Å². The number of hydrogen-bond donors (Lipinski definition) is 1. The summed E-state index contributed by atoms with van der Waals surface area (Å²) in [6.07, 6.45) is 0.0293. The van der Waals surface area contributed by atoms with E-state index in [9.17, 15) is 9.59 Å². The van der Waals surface area contributed by atoms with E-state index in [-0.39, 0.29) is 12.3 Å². The minimum absolute atomic E-state index is 0.0293. The highest BCUT2D eigenvalue weighted by Crippen LogP contribution is 2.18. The molecule has 5 heteroatoms. The first-order chi connectivity index (χ1) is 7.99. The lowest BCUT2D eigenvalue weighted by Crippen LogP contribution is -2.23. The second kappa shape index (κ2) is 6.30. The van der Waals surface area contributed by atoms with Crippen molar-refractivity contribution in [3.05, 3.63) is 29.8 Å². The molecule has 92 valence electrons. The van der Waals surface area contributed by atoms with E-state index in [0.717, 1.165) is 10.5 Å². The number of benzene rings is 1. The van der Waals surface area contributed by atoms with Gasteiger partial charge in [0.05, 0.1) is 12.2 Å². The number of carbonyl (C=O) groups excluding carboxylic acids is 1. The van der Waals surface area contributed by atoms with E-state index in [1.165, 1.54) is 11.8 Å². The van der Waals surface area contributed by atoms with E-state index in [0.29, 0.717) is 5.75 Å². The van der Waals surface area contributed by atoms with Crippen LogP contribution in [-0.4, -0.2) is 41.7 Å². The molecule has 0 aliphatic rings. The van der Waals surface area contributed by atoms with Gasteiger partial charge in [0.15, 0.2) is 0 Å². The second-order valence-electron chi connectivity index (χ2n) is 3.79. The zero-order chi connectivity index (χ0) is 12.8. The van der Waals surface area contributed by atoms with Gasteiger partial charge in [0, 0.05) is 19.0 Å². The van der Waals surface area contributed by atoms with Gasteiger partial charge in [0.2, 0.25) is 5.91 Å². The van der Waals surface area contributed by atoms with Crippen LogP contribution in [0.15, 0.2) is 29.2 Å². The van der Waals surface area contributed by atoms with E-state index in [1.54, 1.807) is 31.1 Å². The van der Waals surface area contributed by atoms with E-state index >= 15 is 0 Å². The number of amides is 1. The molecule has 1 amide bonds. The molecule has 0 bridgehead atoms. The van der Waals surface area contributed by atoms with Crippen LogP contribution in [0, 0.1) is 0 Å². The molecule has 0 spiro atoms. The number of carbonyl (C=O) groups is 2. The Morgan fingerprint density at radius 2 is 1.82 bits per heavy atom. The van der Waals surface area contributed by atoms with Gasteiger partial charge < -0.3 is 10.0 Å². The van der Waals surface area contributed by atoms with Crippen LogP contribution in [0.4, 0.5) is 0 Å². The third-order valence-electron chi connectivity index (χ3n) is 2.14. The summed E-state index contributed by atoms with van der Waals surface area (Å²) >= 11 is 1.45. The summed E-state index contributed by atoms with van der Waals surface area (Å²) < 4.78 is 0. The molecule has 0 heterocycles. The van der Waals surface area contributed by atoms with Gasteiger partial charge in [-0.3, -0.25) is 9.59 Å². The van der Waals surface area contributed by atoms with Crippen molar-refractivity contribution in [3.63, 3.8) is 0 Å². The van der Waals surface area contributed by atoms with Crippen molar-refractivity contribution in [3.8, 4) is 0 Å². The topological polar surface area (TPSA) is 57.6 Å². The fourth-order valence-electron chi connectivity index (χ4n) is 1.15. The summed E-state index contributed by atoms with van der Waals surface area (Å²) in [5.41, 5.74) is 0.765.